The van der Waals surface area contributed by atoms with Gasteiger partial charge in [0, 0.05) is 0 Å². The van der Waals surface area contributed by atoms with Gasteiger partial charge in [-0.15, -0.1) is 11.6 Å². The number of hydrogen-bond acceptors (Lipinski definition) is 2. The van der Waals surface area contributed by atoms with Crippen LogP contribution >= 0.6 is 11.6 Å². The van der Waals surface area contributed by atoms with E-state index in [2.05, 4.69) is 5.32 Å². The molecule has 0 saturated carbocycles. The van der Waals surface area contributed by atoms with Crippen molar-refractivity contribution in [1.82, 2.24) is 5.32 Å². The first-order valence-corrected chi connectivity index (χ1v) is 4.11. The molecule has 66 valence electrons. The predicted molar refractivity (Wildman–Crippen MR) is 44.6 cm³/mol. The smallest absolute Gasteiger partial charge is 0.408 e. The van der Waals surface area contributed by atoms with E-state index in [1.165, 1.54) is 0 Å². The summed E-state index contributed by atoms with van der Waals surface area (Å²) in [5.41, 5.74) is 0. The molecule has 0 saturated heterocycles. The summed E-state index contributed by atoms with van der Waals surface area (Å²) in [6.45, 7) is 5.82. The van der Waals surface area contributed by atoms with Gasteiger partial charge in [0.15, 0.2) is 0 Å². The summed E-state index contributed by atoms with van der Waals surface area (Å²) in [5.74, 6) is 0.330. The predicted octanol–water partition coefficient (Wildman–Crippen LogP) is 1.95. The van der Waals surface area contributed by atoms with E-state index in [0.29, 0.717) is 5.92 Å². The van der Waals surface area contributed by atoms with Crippen molar-refractivity contribution in [3.05, 3.63) is 0 Å². The number of amides is 1. The fraction of sp³-hybridized carbons (Fsp3) is 0.857. The van der Waals surface area contributed by atoms with Crippen molar-refractivity contribution < 1.29 is 9.53 Å². The van der Waals surface area contributed by atoms with E-state index >= 15 is 0 Å². The molecule has 0 rings (SSSR count). The number of hydrogen-bond donors (Lipinski definition) is 1. The van der Waals surface area contributed by atoms with Crippen LogP contribution in [0.25, 0.3) is 0 Å². The molecule has 0 aliphatic rings. The quantitative estimate of drug-likeness (QED) is 0.531. The normalized spacial score (nSPS) is 12.8. The molecule has 4 heteroatoms. The Labute approximate surface area is 72.1 Å². The second-order valence-corrected chi connectivity index (χ2v) is 2.93. The van der Waals surface area contributed by atoms with Gasteiger partial charge in [-0.25, -0.2) is 4.79 Å². The first kappa shape index (κ1) is 10.6. The molecule has 0 aromatic rings. The molecule has 1 amide bonds. The third-order valence-electron chi connectivity index (χ3n) is 1.44. The first-order valence-electron chi connectivity index (χ1n) is 3.58. The number of alkyl carbamates (subject to hydrolysis) is 1. The highest BCUT2D eigenvalue weighted by Crippen LogP contribution is 2.04. The Morgan fingerprint density at radius 2 is 2.09 bits per heavy atom. The van der Waals surface area contributed by atoms with Gasteiger partial charge in [0.25, 0.3) is 0 Å². The van der Waals surface area contributed by atoms with Crippen molar-refractivity contribution in [1.29, 1.82) is 0 Å². The van der Waals surface area contributed by atoms with E-state index < -0.39 is 6.09 Å². The molecule has 0 unspecified atom stereocenters. The Bertz CT molecular complexity index is 128. The molecule has 0 aliphatic heterocycles. The number of rotatable bonds is 3. The van der Waals surface area contributed by atoms with Gasteiger partial charge in [0.05, 0.1) is 6.00 Å². The highest BCUT2D eigenvalue weighted by Gasteiger charge is 2.11. The highest BCUT2D eigenvalue weighted by atomic mass is 35.5. The largest absolute Gasteiger partial charge is 0.446 e. The summed E-state index contributed by atoms with van der Waals surface area (Å²) < 4.78 is 4.92. The summed E-state index contributed by atoms with van der Waals surface area (Å²) in [6.07, 6.45) is -0.528. The number of carbonyl (C=O) groups is 1. The number of ether oxygens (including phenoxy) is 1. The Kier molecular flexibility index (Phi) is 5.03. The minimum Gasteiger partial charge on any atom is -0.446 e. The number of halogens is 1. The van der Waals surface area contributed by atoms with E-state index in [-0.39, 0.29) is 12.1 Å². The Hall–Kier alpha value is -0.440. The van der Waals surface area contributed by atoms with Gasteiger partial charge in [-0.3, -0.25) is 0 Å². The Morgan fingerprint density at radius 1 is 1.55 bits per heavy atom. The minimum absolute atomic E-state index is 0.0711. The number of nitrogens with one attached hydrogen (secondary N) is 1. The van der Waals surface area contributed by atoms with Crippen molar-refractivity contribution in [2.24, 2.45) is 5.92 Å². The molecule has 1 N–H and O–H groups in total. The third kappa shape index (κ3) is 4.90. The Morgan fingerprint density at radius 3 is 2.45 bits per heavy atom. The number of alkyl halides is 1. The lowest BCUT2D eigenvalue weighted by atomic mass is 10.1. The monoisotopic (exact) mass is 179 g/mol. The van der Waals surface area contributed by atoms with Crippen LogP contribution in [0.3, 0.4) is 0 Å². The number of carbonyl (C=O) groups excluding carboxylic acids is 1. The topological polar surface area (TPSA) is 38.3 Å². The standard InChI is InChI=1S/C7H14ClNO2/c1-5(2)6(3)11-7(10)9-4-8/h5-6H,4H2,1-3H3,(H,9,10)/t6-/m0/s1. The summed E-state index contributed by atoms with van der Waals surface area (Å²) in [5, 5.41) is 2.34. The van der Waals surface area contributed by atoms with E-state index in [4.69, 9.17) is 16.3 Å². The lowest BCUT2D eigenvalue weighted by molar-refractivity contribution is 0.0834. The fourth-order valence-electron chi connectivity index (χ4n) is 0.401. The van der Waals surface area contributed by atoms with E-state index in [1.54, 1.807) is 0 Å². The maximum atomic E-state index is 10.7. The van der Waals surface area contributed by atoms with Crippen molar-refractivity contribution in [2.75, 3.05) is 6.00 Å². The van der Waals surface area contributed by atoms with Gasteiger partial charge in [-0.2, -0.15) is 0 Å². The zero-order valence-electron chi connectivity index (χ0n) is 7.06. The molecule has 0 fully saturated rings. The molecule has 0 radical (unpaired) electrons. The zero-order chi connectivity index (χ0) is 8.85. The van der Waals surface area contributed by atoms with Crippen LogP contribution in [0.4, 0.5) is 4.79 Å². The third-order valence-corrected chi connectivity index (χ3v) is 1.58. The van der Waals surface area contributed by atoms with E-state index in [0.717, 1.165) is 0 Å². The molecular weight excluding hydrogens is 166 g/mol. The zero-order valence-corrected chi connectivity index (χ0v) is 7.81. The summed E-state index contributed by atoms with van der Waals surface area (Å²) in [7, 11) is 0. The van der Waals surface area contributed by atoms with Crippen LogP contribution in [-0.2, 0) is 4.74 Å². The molecular formula is C7H14ClNO2. The van der Waals surface area contributed by atoms with Gasteiger partial charge < -0.3 is 10.1 Å². The van der Waals surface area contributed by atoms with Crippen LogP contribution in [0.1, 0.15) is 20.8 Å². The molecule has 0 aromatic carbocycles. The fourth-order valence-corrected chi connectivity index (χ4v) is 0.510. The van der Waals surface area contributed by atoms with Crippen LogP contribution in [-0.4, -0.2) is 18.2 Å². The van der Waals surface area contributed by atoms with E-state index in [9.17, 15) is 4.79 Å². The van der Waals surface area contributed by atoms with Crippen molar-refractivity contribution in [3.8, 4) is 0 Å². The van der Waals surface area contributed by atoms with Crippen LogP contribution in [0.15, 0.2) is 0 Å². The average Bonchev–Trinajstić information content (AvgIpc) is 1.87. The summed E-state index contributed by atoms with van der Waals surface area (Å²) in [4.78, 5) is 10.7. The maximum Gasteiger partial charge on any atom is 0.408 e. The molecule has 0 heterocycles. The second-order valence-electron chi connectivity index (χ2n) is 2.66. The maximum absolute atomic E-state index is 10.7. The van der Waals surface area contributed by atoms with Crippen molar-refractivity contribution >= 4 is 17.7 Å². The summed E-state index contributed by atoms with van der Waals surface area (Å²) >= 11 is 5.25. The van der Waals surface area contributed by atoms with Gasteiger partial charge in [-0.1, -0.05) is 13.8 Å². The van der Waals surface area contributed by atoms with Gasteiger partial charge >= 0.3 is 6.09 Å². The van der Waals surface area contributed by atoms with Gasteiger partial charge in [0.1, 0.15) is 6.10 Å². The van der Waals surface area contributed by atoms with Crippen LogP contribution in [0.5, 0.6) is 0 Å². The first-order chi connectivity index (χ1) is 5.07. The lowest BCUT2D eigenvalue weighted by Gasteiger charge is -2.15. The highest BCUT2D eigenvalue weighted by molar-refractivity contribution is 6.18. The van der Waals surface area contributed by atoms with Crippen molar-refractivity contribution in [3.63, 3.8) is 0 Å². The van der Waals surface area contributed by atoms with Crippen LogP contribution in [0, 0.1) is 5.92 Å². The van der Waals surface area contributed by atoms with Gasteiger partial charge in [-0.05, 0) is 12.8 Å². The molecule has 0 spiro atoms. The summed E-state index contributed by atoms with van der Waals surface area (Å²) in [6, 6.07) is 0.0870. The van der Waals surface area contributed by atoms with Gasteiger partial charge in [0.2, 0.25) is 0 Å². The van der Waals surface area contributed by atoms with Crippen LogP contribution in [0.2, 0.25) is 0 Å². The molecule has 11 heavy (non-hydrogen) atoms. The van der Waals surface area contributed by atoms with Crippen molar-refractivity contribution in [2.45, 2.75) is 26.9 Å². The second kappa shape index (κ2) is 5.24. The molecule has 0 aliphatic carbocycles. The lowest BCUT2D eigenvalue weighted by Crippen LogP contribution is -2.28. The van der Waals surface area contributed by atoms with Crippen LogP contribution < -0.4 is 5.32 Å². The molecule has 1 atom stereocenters. The molecule has 0 aromatic heterocycles. The molecule has 3 nitrogen and oxygen atoms in total. The average molecular weight is 180 g/mol. The Balaban J connectivity index is 3.57. The minimum atomic E-state index is -0.457. The SMILES string of the molecule is CC(C)[C@H](C)OC(=O)NCCl. The van der Waals surface area contributed by atoms with E-state index in [1.807, 2.05) is 20.8 Å². The molecule has 0 bridgehead atoms.